The van der Waals surface area contributed by atoms with Crippen LogP contribution in [0, 0.1) is 6.92 Å². The Labute approximate surface area is 132 Å². The lowest BCUT2D eigenvalue weighted by atomic mass is 10.2. The van der Waals surface area contributed by atoms with Crippen molar-refractivity contribution in [2.45, 2.75) is 38.8 Å². The molecule has 1 aliphatic carbocycles. The smallest absolute Gasteiger partial charge is 0.326 e. The fraction of sp³-hybridized carbons (Fsp3) is 0.375. The van der Waals surface area contributed by atoms with Crippen molar-refractivity contribution in [1.29, 1.82) is 0 Å². The van der Waals surface area contributed by atoms with Crippen LogP contribution in [0.25, 0.3) is 5.65 Å². The molecule has 1 aliphatic rings. The molecule has 1 atom stereocenters. The number of nitrogens with zero attached hydrogens (tertiary/aromatic N) is 3. The quantitative estimate of drug-likeness (QED) is 0.911. The van der Waals surface area contributed by atoms with Crippen LogP contribution in [0.2, 0.25) is 0 Å². The van der Waals surface area contributed by atoms with Crippen LogP contribution >= 0.6 is 0 Å². The van der Waals surface area contributed by atoms with Gasteiger partial charge in [0.25, 0.3) is 11.5 Å². The molecule has 2 aromatic heterocycles. The summed E-state index contributed by atoms with van der Waals surface area (Å²) in [6, 6.07) is 2.43. The molecule has 0 radical (unpaired) electrons. The minimum Gasteiger partial charge on any atom is -0.480 e. The van der Waals surface area contributed by atoms with Crippen molar-refractivity contribution in [3.63, 3.8) is 0 Å². The molecule has 3 rings (SSSR count). The molecule has 2 aromatic rings. The number of aromatic nitrogens is 2. The molecule has 0 aliphatic heterocycles. The van der Waals surface area contributed by atoms with Gasteiger partial charge in [-0.05, 0) is 38.3 Å². The number of amides is 1. The van der Waals surface area contributed by atoms with E-state index in [0.29, 0.717) is 5.65 Å². The minimum absolute atomic E-state index is 0.104. The van der Waals surface area contributed by atoms with Crippen LogP contribution < -0.4 is 5.56 Å². The van der Waals surface area contributed by atoms with Gasteiger partial charge in [-0.15, -0.1) is 0 Å². The summed E-state index contributed by atoms with van der Waals surface area (Å²) in [5.41, 5.74) is 0.722. The van der Waals surface area contributed by atoms with E-state index in [1.54, 1.807) is 12.3 Å². The molecule has 23 heavy (non-hydrogen) atoms. The van der Waals surface area contributed by atoms with Crippen molar-refractivity contribution < 1.29 is 14.7 Å². The molecular formula is C16H17N3O4. The van der Waals surface area contributed by atoms with Crippen LogP contribution in [0.15, 0.2) is 29.3 Å². The topological polar surface area (TPSA) is 92.0 Å². The number of hydrogen-bond acceptors (Lipinski definition) is 4. The van der Waals surface area contributed by atoms with Crippen molar-refractivity contribution in [3.8, 4) is 0 Å². The lowest BCUT2D eigenvalue weighted by Gasteiger charge is -2.26. The monoisotopic (exact) mass is 315 g/mol. The standard InChI is InChI=1S/C16H17N3O4/c1-9-4-3-7-18-13(9)17-8-12(14(18)20)15(21)19(11-5-6-11)10(2)16(22)23/h3-4,7-8,10-11H,5-6H2,1-2H3,(H,22,23). The predicted molar refractivity (Wildman–Crippen MR) is 82.5 cm³/mol. The Kier molecular flexibility index (Phi) is 3.63. The molecule has 7 nitrogen and oxygen atoms in total. The number of carbonyl (C=O) groups excluding carboxylic acids is 1. The van der Waals surface area contributed by atoms with E-state index >= 15 is 0 Å². The maximum atomic E-state index is 12.7. The number of rotatable bonds is 4. The van der Waals surface area contributed by atoms with Crippen LogP contribution in [0.4, 0.5) is 0 Å². The number of carboxylic acids is 1. The first-order valence-corrected chi connectivity index (χ1v) is 7.44. The fourth-order valence-corrected chi connectivity index (χ4v) is 2.66. The van der Waals surface area contributed by atoms with Crippen LogP contribution in [0.1, 0.15) is 35.7 Å². The summed E-state index contributed by atoms with van der Waals surface area (Å²) in [7, 11) is 0. The zero-order valence-electron chi connectivity index (χ0n) is 12.9. The van der Waals surface area contributed by atoms with E-state index in [1.165, 1.54) is 22.4 Å². The molecule has 1 saturated carbocycles. The summed E-state index contributed by atoms with van der Waals surface area (Å²) >= 11 is 0. The Morgan fingerprint density at radius 2 is 2.13 bits per heavy atom. The SMILES string of the molecule is Cc1cccn2c(=O)c(C(=O)N(C3CC3)C(C)C(=O)O)cnc12. The number of fused-ring (bicyclic) bond motifs is 1. The highest BCUT2D eigenvalue weighted by atomic mass is 16.4. The lowest BCUT2D eigenvalue weighted by molar-refractivity contribution is -0.141. The summed E-state index contributed by atoms with van der Waals surface area (Å²) in [6.45, 7) is 3.28. The van der Waals surface area contributed by atoms with E-state index in [0.717, 1.165) is 18.4 Å². The second-order valence-corrected chi connectivity index (χ2v) is 5.82. The van der Waals surface area contributed by atoms with E-state index in [2.05, 4.69) is 4.98 Å². The van der Waals surface area contributed by atoms with Crippen LogP contribution in [-0.4, -0.2) is 43.4 Å². The molecule has 0 bridgehead atoms. The fourth-order valence-electron chi connectivity index (χ4n) is 2.66. The van der Waals surface area contributed by atoms with E-state index in [1.807, 2.05) is 13.0 Å². The maximum Gasteiger partial charge on any atom is 0.326 e. The zero-order valence-corrected chi connectivity index (χ0v) is 12.9. The highest BCUT2D eigenvalue weighted by Gasteiger charge is 2.39. The Bertz CT molecular complexity index is 854. The third kappa shape index (κ3) is 2.58. The maximum absolute atomic E-state index is 12.7. The Morgan fingerprint density at radius 3 is 2.74 bits per heavy atom. The highest BCUT2D eigenvalue weighted by molar-refractivity contribution is 5.96. The second-order valence-electron chi connectivity index (χ2n) is 5.82. The van der Waals surface area contributed by atoms with Gasteiger partial charge in [-0.25, -0.2) is 9.78 Å². The van der Waals surface area contributed by atoms with E-state index in [9.17, 15) is 19.5 Å². The molecule has 120 valence electrons. The third-order valence-electron chi connectivity index (χ3n) is 4.11. The van der Waals surface area contributed by atoms with Gasteiger partial charge >= 0.3 is 5.97 Å². The Hall–Kier alpha value is -2.70. The first-order valence-electron chi connectivity index (χ1n) is 7.44. The number of pyridine rings is 1. The van der Waals surface area contributed by atoms with Gasteiger partial charge in [-0.3, -0.25) is 14.0 Å². The van der Waals surface area contributed by atoms with E-state index < -0.39 is 23.5 Å². The number of aryl methyl sites for hydroxylation is 1. The van der Waals surface area contributed by atoms with Gasteiger partial charge in [0, 0.05) is 18.4 Å². The van der Waals surface area contributed by atoms with Crippen molar-refractivity contribution in [1.82, 2.24) is 14.3 Å². The normalized spacial score (nSPS) is 15.4. The molecule has 7 heteroatoms. The number of carbonyl (C=O) groups is 2. The molecule has 1 fully saturated rings. The van der Waals surface area contributed by atoms with Gasteiger partial charge in [0.2, 0.25) is 0 Å². The lowest BCUT2D eigenvalue weighted by Crippen LogP contribution is -2.46. The molecule has 1 amide bonds. The molecule has 1 unspecified atom stereocenters. The molecule has 2 heterocycles. The predicted octanol–water partition coefficient (Wildman–Crippen LogP) is 1.08. The Morgan fingerprint density at radius 1 is 1.43 bits per heavy atom. The average molecular weight is 315 g/mol. The van der Waals surface area contributed by atoms with Crippen molar-refractivity contribution in [3.05, 3.63) is 46.0 Å². The summed E-state index contributed by atoms with van der Waals surface area (Å²) in [6.07, 6.45) is 4.31. The third-order valence-corrected chi connectivity index (χ3v) is 4.11. The molecule has 0 aromatic carbocycles. The summed E-state index contributed by atoms with van der Waals surface area (Å²) in [4.78, 5) is 42.1. The van der Waals surface area contributed by atoms with Gasteiger partial charge in [0.15, 0.2) is 0 Å². The molecule has 1 N–H and O–H groups in total. The van der Waals surface area contributed by atoms with Crippen molar-refractivity contribution in [2.75, 3.05) is 0 Å². The first-order chi connectivity index (χ1) is 10.9. The Balaban J connectivity index is 2.08. The second kappa shape index (κ2) is 5.49. The highest BCUT2D eigenvalue weighted by Crippen LogP contribution is 2.29. The van der Waals surface area contributed by atoms with E-state index in [-0.39, 0.29) is 11.6 Å². The molecule has 0 saturated heterocycles. The summed E-state index contributed by atoms with van der Waals surface area (Å²) in [5, 5.41) is 9.21. The zero-order chi connectivity index (χ0) is 16.7. The van der Waals surface area contributed by atoms with Gasteiger partial charge < -0.3 is 10.0 Å². The number of hydrogen-bond donors (Lipinski definition) is 1. The molecular weight excluding hydrogens is 298 g/mol. The number of carboxylic acid groups (broad SMARTS) is 1. The van der Waals surface area contributed by atoms with E-state index in [4.69, 9.17) is 0 Å². The van der Waals surface area contributed by atoms with Crippen LogP contribution in [0.5, 0.6) is 0 Å². The van der Waals surface area contributed by atoms with Gasteiger partial charge in [-0.2, -0.15) is 0 Å². The van der Waals surface area contributed by atoms with Crippen LogP contribution in [-0.2, 0) is 4.79 Å². The minimum atomic E-state index is -1.09. The van der Waals surface area contributed by atoms with Gasteiger partial charge in [0.1, 0.15) is 17.3 Å². The summed E-state index contributed by atoms with van der Waals surface area (Å²) in [5.74, 6) is -1.66. The van der Waals surface area contributed by atoms with Gasteiger partial charge in [-0.1, -0.05) is 6.07 Å². The largest absolute Gasteiger partial charge is 0.480 e. The first kappa shape index (κ1) is 15.2. The van der Waals surface area contributed by atoms with Crippen LogP contribution in [0.3, 0.4) is 0 Å². The number of aliphatic carboxylic acids is 1. The van der Waals surface area contributed by atoms with Crippen molar-refractivity contribution in [2.24, 2.45) is 0 Å². The van der Waals surface area contributed by atoms with Gasteiger partial charge in [0.05, 0.1) is 0 Å². The molecule has 0 spiro atoms. The summed E-state index contributed by atoms with van der Waals surface area (Å²) < 4.78 is 1.32. The van der Waals surface area contributed by atoms with Crippen molar-refractivity contribution >= 4 is 17.5 Å². The average Bonchev–Trinajstić information content (AvgIpc) is 3.33.